The molecule has 2 heterocycles. The van der Waals surface area contributed by atoms with E-state index in [1.165, 1.54) is 18.6 Å². The molecule has 1 atom stereocenters. The second-order valence-electron chi connectivity index (χ2n) is 4.88. The van der Waals surface area contributed by atoms with Gasteiger partial charge < -0.3 is 16.4 Å². The highest BCUT2D eigenvalue weighted by atomic mass is 32.2. The molecule has 1 aromatic carbocycles. The van der Waals surface area contributed by atoms with Crippen LogP contribution in [0.4, 0.5) is 17.1 Å². The number of benzene rings is 1. The molecule has 1 saturated heterocycles. The second kappa shape index (κ2) is 4.72. The SMILES string of the molecule is Nc1cc2c(cc1NC1CCCSC1)NC(=O)C2. The summed E-state index contributed by atoms with van der Waals surface area (Å²) in [4.78, 5) is 11.3. The van der Waals surface area contributed by atoms with Crippen molar-refractivity contribution < 1.29 is 4.79 Å². The summed E-state index contributed by atoms with van der Waals surface area (Å²) in [7, 11) is 0. The van der Waals surface area contributed by atoms with Crippen molar-refractivity contribution in [2.75, 3.05) is 27.9 Å². The monoisotopic (exact) mass is 263 g/mol. The van der Waals surface area contributed by atoms with E-state index in [0.29, 0.717) is 12.5 Å². The maximum Gasteiger partial charge on any atom is 0.228 e. The molecule has 1 aromatic rings. The number of fused-ring (bicyclic) bond motifs is 1. The van der Waals surface area contributed by atoms with E-state index < -0.39 is 0 Å². The van der Waals surface area contributed by atoms with Gasteiger partial charge >= 0.3 is 0 Å². The summed E-state index contributed by atoms with van der Waals surface area (Å²) >= 11 is 1.98. The summed E-state index contributed by atoms with van der Waals surface area (Å²) < 4.78 is 0. The smallest absolute Gasteiger partial charge is 0.228 e. The van der Waals surface area contributed by atoms with Gasteiger partial charge in [0.1, 0.15) is 0 Å². The number of thioether (sulfide) groups is 1. The van der Waals surface area contributed by atoms with Crippen LogP contribution >= 0.6 is 11.8 Å². The molecule has 1 amide bonds. The number of rotatable bonds is 2. The predicted molar refractivity (Wildman–Crippen MR) is 77.2 cm³/mol. The van der Waals surface area contributed by atoms with E-state index in [9.17, 15) is 4.79 Å². The number of anilines is 3. The minimum Gasteiger partial charge on any atom is -0.397 e. The van der Waals surface area contributed by atoms with Crippen LogP contribution in [0.1, 0.15) is 18.4 Å². The Morgan fingerprint density at radius 3 is 3.11 bits per heavy atom. The largest absolute Gasteiger partial charge is 0.397 e. The molecule has 1 fully saturated rings. The Kier molecular flexibility index (Phi) is 3.07. The van der Waals surface area contributed by atoms with Crippen LogP contribution in [-0.4, -0.2) is 23.5 Å². The molecule has 0 saturated carbocycles. The zero-order valence-corrected chi connectivity index (χ0v) is 11.0. The van der Waals surface area contributed by atoms with Gasteiger partial charge in [0.2, 0.25) is 5.91 Å². The first kappa shape index (κ1) is 11.7. The highest BCUT2D eigenvalue weighted by Gasteiger charge is 2.21. The fourth-order valence-electron chi connectivity index (χ4n) is 2.49. The van der Waals surface area contributed by atoms with Crippen molar-refractivity contribution in [3.05, 3.63) is 17.7 Å². The van der Waals surface area contributed by atoms with E-state index in [2.05, 4.69) is 10.6 Å². The van der Waals surface area contributed by atoms with Crippen molar-refractivity contribution in [2.24, 2.45) is 0 Å². The van der Waals surface area contributed by atoms with Gasteiger partial charge in [-0.1, -0.05) is 0 Å². The number of carbonyl (C=O) groups excluding carboxylic acids is 1. The van der Waals surface area contributed by atoms with Crippen LogP contribution in [0.25, 0.3) is 0 Å². The van der Waals surface area contributed by atoms with E-state index in [0.717, 1.165) is 28.4 Å². The molecule has 2 aliphatic rings. The number of nitrogens with two attached hydrogens (primary N) is 1. The normalized spacial score (nSPS) is 22.4. The predicted octanol–water partition coefficient (Wildman–Crippen LogP) is 2.07. The molecule has 1 unspecified atom stereocenters. The van der Waals surface area contributed by atoms with E-state index >= 15 is 0 Å². The third-order valence-corrected chi connectivity index (χ3v) is 4.64. The number of amides is 1. The zero-order chi connectivity index (χ0) is 12.5. The number of nitrogen functional groups attached to an aromatic ring is 1. The van der Waals surface area contributed by atoms with Crippen LogP contribution in [0.2, 0.25) is 0 Å². The zero-order valence-electron chi connectivity index (χ0n) is 10.2. The molecule has 0 aliphatic carbocycles. The third kappa shape index (κ3) is 2.27. The Labute approximate surface area is 111 Å². The fourth-order valence-corrected chi connectivity index (χ4v) is 3.57. The first-order valence-electron chi connectivity index (χ1n) is 6.29. The third-order valence-electron chi connectivity index (χ3n) is 3.42. The fraction of sp³-hybridized carbons (Fsp3) is 0.462. The lowest BCUT2D eigenvalue weighted by Crippen LogP contribution is -2.26. The van der Waals surface area contributed by atoms with Gasteiger partial charge in [-0.3, -0.25) is 4.79 Å². The molecule has 0 aromatic heterocycles. The van der Waals surface area contributed by atoms with Crippen molar-refractivity contribution in [1.82, 2.24) is 0 Å². The Hall–Kier alpha value is -1.36. The molecule has 96 valence electrons. The standard InChI is InChI=1S/C13H17N3OS/c14-10-4-8-5-13(17)16-11(8)6-12(10)15-9-2-1-3-18-7-9/h4,6,9,15H,1-3,5,7,14H2,(H,16,17). The van der Waals surface area contributed by atoms with E-state index in [4.69, 9.17) is 5.73 Å². The Balaban J connectivity index is 1.80. The van der Waals surface area contributed by atoms with Crippen LogP contribution in [0.15, 0.2) is 12.1 Å². The summed E-state index contributed by atoms with van der Waals surface area (Å²) in [5, 5.41) is 6.36. The lowest BCUT2D eigenvalue weighted by atomic mass is 10.1. The topological polar surface area (TPSA) is 67.2 Å². The summed E-state index contributed by atoms with van der Waals surface area (Å²) in [6.45, 7) is 0. The summed E-state index contributed by atoms with van der Waals surface area (Å²) in [5.74, 6) is 2.44. The lowest BCUT2D eigenvalue weighted by Gasteiger charge is -2.24. The van der Waals surface area contributed by atoms with Crippen molar-refractivity contribution in [3.63, 3.8) is 0 Å². The number of hydrogen-bond donors (Lipinski definition) is 3. The quantitative estimate of drug-likeness (QED) is 0.715. The van der Waals surface area contributed by atoms with Gasteiger partial charge in [-0.15, -0.1) is 0 Å². The molecule has 18 heavy (non-hydrogen) atoms. The van der Waals surface area contributed by atoms with Gasteiger partial charge in [0.05, 0.1) is 17.8 Å². The highest BCUT2D eigenvalue weighted by Crippen LogP contribution is 2.32. The van der Waals surface area contributed by atoms with Crippen molar-refractivity contribution in [1.29, 1.82) is 0 Å². The number of hydrogen-bond acceptors (Lipinski definition) is 4. The van der Waals surface area contributed by atoms with Crippen LogP contribution < -0.4 is 16.4 Å². The summed E-state index contributed by atoms with van der Waals surface area (Å²) in [6, 6.07) is 4.36. The molecule has 0 bridgehead atoms. The van der Waals surface area contributed by atoms with Crippen molar-refractivity contribution >= 4 is 34.7 Å². The van der Waals surface area contributed by atoms with Gasteiger partial charge in [-0.05, 0) is 36.3 Å². The molecule has 4 nitrogen and oxygen atoms in total. The Bertz CT molecular complexity index is 483. The minimum atomic E-state index is 0.0507. The van der Waals surface area contributed by atoms with Crippen LogP contribution in [0, 0.1) is 0 Å². The van der Waals surface area contributed by atoms with Gasteiger partial charge in [0, 0.05) is 17.5 Å². The second-order valence-corrected chi connectivity index (χ2v) is 6.03. The van der Waals surface area contributed by atoms with Gasteiger partial charge in [-0.2, -0.15) is 11.8 Å². The van der Waals surface area contributed by atoms with Crippen LogP contribution in [0.5, 0.6) is 0 Å². The van der Waals surface area contributed by atoms with E-state index in [-0.39, 0.29) is 5.91 Å². The van der Waals surface area contributed by atoms with Crippen molar-refractivity contribution in [2.45, 2.75) is 25.3 Å². The van der Waals surface area contributed by atoms with E-state index in [1.807, 2.05) is 23.9 Å². The van der Waals surface area contributed by atoms with Gasteiger partial charge in [0.15, 0.2) is 0 Å². The Morgan fingerprint density at radius 2 is 2.33 bits per heavy atom. The minimum absolute atomic E-state index is 0.0507. The van der Waals surface area contributed by atoms with Crippen LogP contribution in [0.3, 0.4) is 0 Å². The molecular weight excluding hydrogens is 246 g/mol. The first-order chi connectivity index (χ1) is 8.72. The lowest BCUT2D eigenvalue weighted by molar-refractivity contribution is -0.115. The average Bonchev–Trinajstić information content (AvgIpc) is 2.70. The van der Waals surface area contributed by atoms with Crippen molar-refractivity contribution in [3.8, 4) is 0 Å². The van der Waals surface area contributed by atoms with Gasteiger partial charge in [0.25, 0.3) is 0 Å². The molecule has 2 aliphatic heterocycles. The molecule has 4 N–H and O–H groups in total. The van der Waals surface area contributed by atoms with E-state index in [1.54, 1.807) is 0 Å². The number of carbonyl (C=O) groups is 1. The maximum absolute atomic E-state index is 11.3. The maximum atomic E-state index is 11.3. The summed E-state index contributed by atoms with van der Waals surface area (Å²) in [6.07, 6.45) is 2.89. The summed E-state index contributed by atoms with van der Waals surface area (Å²) in [5.41, 5.74) is 9.64. The molecule has 0 spiro atoms. The molecule has 5 heteroatoms. The van der Waals surface area contributed by atoms with Crippen LogP contribution in [-0.2, 0) is 11.2 Å². The van der Waals surface area contributed by atoms with Gasteiger partial charge in [-0.25, -0.2) is 0 Å². The molecule has 3 rings (SSSR count). The Morgan fingerprint density at radius 1 is 1.44 bits per heavy atom. The molecule has 0 radical (unpaired) electrons. The molecular formula is C13H17N3OS. The number of nitrogens with one attached hydrogen (secondary N) is 2. The average molecular weight is 263 g/mol. The highest BCUT2D eigenvalue weighted by molar-refractivity contribution is 7.99. The first-order valence-corrected chi connectivity index (χ1v) is 7.44.